The number of benzene rings is 1. The number of amides is 1. The second-order valence-electron chi connectivity index (χ2n) is 8.54. The Morgan fingerprint density at radius 2 is 1.91 bits per heavy atom. The Balaban J connectivity index is 1.68. The average molecular weight is 429 g/mol. The van der Waals surface area contributed by atoms with Crippen LogP contribution in [0.4, 0.5) is 11.6 Å². The summed E-state index contributed by atoms with van der Waals surface area (Å²) in [5.74, 6) is 0.335. The smallest absolute Gasteiger partial charge is 0.253 e. The van der Waals surface area contributed by atoms with Crippen LogP contribution in [0.15, 0.2) is 61.2 Å². The van der Waals surface area contributed by atoms with E-state index in [1.165, 1.54) is 5.56 Å². The van der Waals surface area contributed by atoms with E-state index in [0.717, 1.165) is 28.7 Å². The molecule has 0 aliphatic rings. The number of nitrogens with zero attached hydrogens (tertiary/aromatic N) is 4. The summed E-state index contributed by atoms with van der Waals surface area (Å²) in [7, 11) is 0. The normalized spacial score (nSPS) is 11.5. The molecule has 1 aromatic carbocycles. The summed E-state index contributed by atoms with van der Waals surface area (Å²) in [5.41, 5.74) is 4.12. The highest BCUT2D eigenvalue weighted by atomic mass is 16.1. The number of aromatic nitrogens is 4. The molecule has 2 N–H and O–H groups in total. The van der Waals surface area contributed by atoms with E-state index in [1.54, 1.807) is 18.6 Å². The molecular weight excluding hydrogens is 400 g/mol. The lowest BCUT2D eigenvalue weighted by molar-refractivity contribution is 0.0952. The molecule has 0 radical (unpaired) electrons. The number of rotatable bonds is 7. The van der Waals surface area contributed by atoms with Gasteiger partial charge < -0.3 is 15.2 Å². The van der Waals surface area contributed by atoms with Crippen LogP contribution in [0.1, 0.15) is 48.7 Å². The van der Waals surface area contributed by atoms with Crippen LogP contribution < -0.4 is 10.6 Å². The fraction of sp³-hybridized carbons (Fsp3) is 0.280. The van der Waals surface area contributed by atoms with Gasteiger partial charge in [0.2, 0.25) is 5.95 Å². The van der Waals surface area contributed by atoms with Crippen LogP contribution in [0.2, 0.25) is 0 Å². The molecule has 3 aromatic heterocycles. The van der Waals surface area contributed by atoms with Gasteiger partial charge in [-0.05, 0) is 51.0 Å². The molecule has 7 nitrogen and oxygen atoms in total. The maximum atomic E-state index is 13.1. The minimum absolute atomic E-state index is 0.160. The van der Waals surface area contributed by atoms with Crippen molar-refractivity contribution in [3.8, 4) is 0 Å². The average Bonchev–Trinajstić information content (AvgIpc) is 3.19. The van der Waals surface area contributed by atoms with E-state index >= 15 is 0 Å². The number of hydrogen-bond acceptors (Lipinski definition) is 5. The van der Waals surface area contributed by atoms with E-state index in [1.807, 2.05) is 49.5 Å². The first kappa shape index (κ1) is 21.5. The van der Waals surface area contributed by atoms with Gasteiger partial charge in [0.1, 0.15) is 5.65 Å². The minimum atomic E-state index is -0.213. The maximum absolute atomic E-state index is 13.1. The van der Waals surface area contributed by atoms with Gasteiger partial charge in [0, 0.05) is 42.6 Å². The zero-order valence-corrected chi connectivity index (χ0v) is 18.9. The standard InChI is InChI=1S/C25H28N6O/c1-5-25(3,4)31-16-21(23(32)27-14-18-7-6-12-26-13-18)20-15-28-24(30-22(20)31)29-19-10-8-17(2)9-11-19/h6-13,15-16H,5,14H2,1-4H3,(H,27,32)(H,28,29,30). The molecule has 0 saturated carbocycles. The second-order valence-corrected chi connectivity index (χ2v) is 8.54. The third-order valence-electron chi connectivity index (χ3n) is 5.79. The molecule has 164 valence electrons. The van der Waals surface area contributed by atoms with E-state index in [4.69, 9.17) is 4.98 Å². The molecule has 0 fully saturated rings. The SMILES string of the molecule is CCC(C)(C)n1cc(C(=O)NCc2cccnc2)c2cnc(Nc3ccc(C)cc3)nc21. The topological polar surface area (TPSA) is 84.7 Å². The molecule has 32 heavy (non-hydrogen) atoms. The fourth-order valence-electron chi connectivity index (χ4n) is 3.43. The summed E-state index contributed by atoms with van der Waals surface area (Å²) < 4.78 is 2.07. The number of anilines is 2. The number of pyridine rings is 1. The third kappa shape index (κ3) is 4.46. The summed E-state index contributed by atoms with van der Waals surface area (Å²) in [5, 5.41) is 6.98. The summed E-state index contributed by atoms with van der Waals surface area (Å²) in [4.78, 5) is 26.4. The van der Waals surface area contributed by atoms with Crippen molar-refractivity contribution in [2.75, 3.05) is 5.32 Å². The van der Waals surface area contributed by atoms with Crippen LogP contribution in [0, 0.1) is 6.92 Å². The Bertz CT molecular complexity index is 1230. The van der Waals surface area contributed by atoms with Crippen molar-refractivity contribution in [2.45, 2.75) is 46.2 Å². The van der Waals surface area contributed by atoms with Gasteiger partial charge >= 0.3 is 0 Å². The lowest BCUT2D eigenvalue weighted by atomic mass is 10.0. The lowest BCUT2D eigenvalue weighted by Crippen LogP contribution is -2.25. The highest BCUT2D eigenvalue weighted by Crippen LogP contribution is 2.29. The van der Waals surface area contributed by atoms with Crippen LogP contribution in [0.25, 0.3) is 11.0 Å². The van der Waals surface area contributed by atoms with Crippen LogP contribution in [-0.2, 0) is 12.1 Å². The predicted octanol–water partition coefficient (Wildman–Crippen LogP) is 4.95. The number of nitrogens with one attached hydrogen (secondary N) is 2. The van der Waals surface area contributed by atoms with Crippen LogP contribution in [0.3, 0.4) is 0 Å². The van der Waals surface area contributed by atoms with E-state index in [-0.39, 0.29) is 11.4 Å². The zero-order valence-electron chi connectivity index (χ0n) is 18.9. The van der Waals surface area contributed by atoms with Crippen molar-refractivity contribution in [3.63, 3.8) is 0 Å². The monoisotopic (exact) mass is 428 g/mol. The Kier molecular flexibility index (Phi) is 5.90. The Morgan fingerprint density at radius 1 is 1.12 bits per heavy atom. The van der Waals surface area contributed by atoms with Gasteiger partial charge in [-0.2, -0.15) is 4.98 Å². The molecule has 7 heteroatoms. The molecule has 0 aliphatic heterocycles. The van der Waals surface area contributed by atoms with Gasteiger partial charge in [-0.15, -0.1) is 0 Å². The molecule has 0 saturated heterocycles. The molecule has 0 bridgehead atoms. The van der Waals surface area contributed by atoms with E-state index in [2.05, 4.69) is 45.9 Å². The molecule has 1 amide bonds. The van der Waals surface area contributed by atoms with E-state index in [0.29, 0.717) is 18.1 Å². The lowest BCUT2D eigenvalue weighted by Gasteiger charge is -2.26. The number of aryl methyl sites for hydroxylation is 1. The van der Waals surface area contributed by atoms with Gasteiger partial charge in [-0.1, -0.05) is 30.7 Å². The first-order chi connectivity index (χ1) is 15.4. The summed E-state index contributed by atoms with van der Waals surface area (Å²) in [6.45, 7) is 8.86. The highest BCUT2D eigenvalue weighted by Gasteiger charge is 2.25. The van der Waals surface area contributed by atoms with Crippen molar-refractivity contribution < 1.29 is 4.79 Å². The van der Waals surface area contributed by atoms with Crippen LogP contribution >= 0.6 is 0 Å². The number of hydrogen-bond donors (Lipinski definition) is 2. The molecule has 4 rings (SSSR count). The molecule has 0 aliphatic carbocycles. The van der Waals surface area contributed by atoms with Crippen LogP contribution in [-0.4, -0.2) is 25.4 Å². The van der Waals surface area contributed by atoms with Crippen molar-refractivity contribution in [1.82, 2.24) is 24.8 Å². The minimum Gasteiger partial charge on any atom is -0.348 e. The summed E-state index contributed by atoms with van der Waals surface area (Å²) >= 11 is 0. The van der Waals surface area contributed by atoms with Gasteiger partial charge in [0.05, 0.1) is 10.9 Å². The predicted molar refractivity (Wildman–Crippen MR) is 127 cm³/mol. The largest absolute Gasteiger partial charge is 0.348 e. The van der Waals surface area contributed by atoms with Gasteiger partial charge in [0.25, 0.3) is 5.91 Å². The van der Waals surface area contributed by atoms with Gasteiger partial charge in [-0.25, -0.2) is 4.98 Å². The molecule has 0 spiro atoms. The maximum Gasteiger partial charge on any atom is 0.253 e. The van der Waals surface area contributed by atoms with Crippen LogP contribution in [0.5, 0.6) is 0 Å². The Hall–Kier alpha value is -3.74. The summed E-state index contributed by atoms with van der Waals surface area (Å²) in [6, 6.07) is 11.9. The van der Waals surface area contributed by atoms with E-state index < -0.39 is 0 Å². The number of fused-ring (bicyclic) bond motifs is 1. The van der Waals surface area contributed by atoms with Crippen molar-refractivity contribution in [2.24, 2.45) is 0 Å². The fourth-order valence-corrected chi connectivity index (χ4v) is 3.43. The summed E-state index contributed by atoms with van der Waals surface area (Å²) in [6.07, 6.45) is 7.96. The first-order valence-corrected chi connectivity index (χ1v) is 10.8. The number of carbonyl (C=O) groups excluding carboxylic acids is 1. The Labute approximate surface area is 187 Å². The molecule has 0 unspecified atom stereocenters. The zero-order chi connectivity index (χ0) is 22.7. The molecule has 0 atom stereocenters. The second kappa shape index (κ2) is 8.78. The first-order valence-electron chi connectivity index (χ1n) is 10.8. The quantitative estimate of drug-likeness (QED) is 0.435. The van der Waals surface area contributed by atoms with E-state index in [9.17, 15) is 4.79 Å². The molecule has 4 aromatic rings. The third-order valence-corrected chi connectivity index (χ3v) is 5.79. The Morgan fingerprint density at radius 3 is 2.59 bits per heavy atom. The van der Waals surface area contributed by atoms with Crippen molar-refractivity contribution in [1.29, 1.82) is 0 Å². The van der Waals surface area contributed by atoms with Crippen molar-refractivity contribution in [3.05, 3.63) is 77.9 Å². The van der Waals surface area contributed by atoms with Crippen molar-refractivity contribution >= 4 is 28.6 Å². The number of carbonyl (C=O) groups is 1. The van der Waals surface area contributed by atoms with Gasteiger partial charge in [-0.3, -0.25) is 9.78 Å². The molecular formula is C25H28N6O. The molecule has 3 heterocycles. The van der Waals surface area contributed by atoms with Gasteiger partial charge in [0.15, 0.2) is 0 Å². The highest BCUT2D eigenvalue weighted by molar-refractivity contribution is 6.06.